The number of aryl methyl sites for hydroxylation is 3. The van der Waals surface area contributed by atoms with Crippen LogP contribution in [0.2, 0.25) is 0 Å². The Kier molecular flexibility index (Phi) is 12.8. The van der Waals surface area contributed by atoms with Crippen molar-refractivity contribution in [2.75, 3.05) is 32.0 Å². The molecule has 1 unspecified atom stereocenters. The molecule has 1 aliphatic heterocycles. The summed E-state index contributed by atoms with van der Waals surface area (Å²) in [6.07, 6.45) is 7.30. The first-order chi connectivity index (χ1) is 22.9. The van der Waals surface area contributed by atoms with Gasteiger partial charge >= 0.3 is 0 Å². The predicted molar refractivity (Wildman–Crippen MR) is 192 cm³/mol. The van der Waals surface area contributed by atoms with Gasteiger partial charge in [-0.3, -0.25) is 24.3 Å². The van der Waals surface area contributed by atoms with Crippen LogP contribution in [0.4, 0.5) is 10.1 Å². The van der Waals surface area contributed by atoms with Gasteiger partial charge in [0.2, 0.25) is 5.91 Å². The maximum absolute atomic E-state index is 13.6. The summed E-state index contributed by atoms with van der Waals surface area (Å²) in [6, 6.07) is 12.4. The molecule has 0 radical (unpaired) electrons. The number of allylic oxidation sites excluding steroid dienone is 2. The second-order valence-corrected chi connectivity index (χ2v) is 13.6. The van der Waals surface area contributed by atoms with Gasteiger partial charge in [0.05, 0.1) is 16.3 Å². The van der Waals surface area contributed by atoms with Gasteiger partial charge < -0.3 is 15.5 Å². The van der Waals surface area contributed by atoms with E-state index >= 15 is 0 Å². The van der Waals surface area contributed by atoms with Crippen molar-refractivity contribution >= 4 is 40.2 Å². The largest absolute Gasteiger partial charge is 0.353 e. The molecule has 2 amide bonds. The zero-order chi connectivity index (χ0) is 35.0. The van der Waals surface area contributed by atoms with Crippen molar-refractivity contribution in [3.05, 3.63) is 98.0 Å². The van der Waals surface area contributed by atoms with Crippen LogP contribution in [0.25, 0.3) is 5.57 Å². The number of nitrogens with zero attached hydrogens (tertiary/aromatic N) is 3. The Hall–Kier alpha value is -4.15. The van der Waals surface area contributed by atoms with Gasteiger partial charge in [-0.25, -0.2) is 4.39 Å². The highest BCUT2D eigenvalue weighted by Gasteiger charge is 2.30. The number of carbonyl (C=O) groups is 3. The fourth-order valence-corrected chi connectivity index (χ4v) is 7.12. The highest BCUT2D eigenvalue weighted by molar-refractivity contribution is 7.14. The van der Waals surface area contributed by atoms with Crippen LogP contribution in [0.1, 0.15) is 97.0 Å². The lowest BCUT2D eigenvalue weighted by atomic mass is 9.99. The lowest BCUT2D eigenvalue weighted by Gasteiger charge is -2.34. The summed E-state index contributed by atoms with van der Waals surface area (Å²) in [5.74, 6) is -0.261. The second kappa shape index (κ2) is 16.8. The van der Waals surface area contributed by atoms with Crippen molar-refractivity contribution in [3.63, 3.8) is 0 Å². The lowest BCUT2D eigenvalue weighted by molar-refractivity contribution is -0.129. The van der Waals surface area contributed by atoms with Crippen LogP contribution in [0.5, 0.6) is 0 Å². The first kappa shape index (κ1) is 36.7. The highest BCUT2D eigenvalue weighted by atomic mass is 32.1. The summed E-state index contributed by atoms with van der Waals surface area (Å²) < 4.78 is 13.6. The Morgan fingerprint density at radius 1 is 1.10 bits per heavy atom. The summed E-state index contributed by atoms with van der Waals surface area (Å²) in [5.41, 5.74) is 6.06. The van der Waals surface area contributed by atoms with Gasteiger partial charge in [-0.05, 0) is 113 Å². The van der Waals surface area contributed by atoms with Crippen LogP contribution in [0.15, 0.2) is 59.9 Å². The monoisotopic (exact) mass is 673 g/mol. The third kappa shape index (κ3) is 9.05. The molecule has 1 saturated heterocycles. The molecular weight excluding hydrogens is 626 g/mol. The molecule has 1 atom stereocenters. The van der Waals surface area contributed by atoms with E-state index in [-0.39, 0.29) is 23.7 Å². The first-order valence-electron chi connectivity index (χ1n) is 16.7. The molecule has 3 aromatic rings. The summed E-state index contributed by atoms with van der Waals surface area (Å²) in [6.45, 7) is 13.4. The van der Waals surface area contributed by atoms with E-state index < -0.39 is 0 Å². The van der Waals surface area contributed by atoms with Crippen molar-refractivity contribution in [2.24, 2.45) is 0 Å². The summed E-state index contributed by atoms with van der Waals surface area (Å²) >= 11 is 1.72. The SMILES string of the molecule is CCC(=O)c1cc2c(s1)CCCC2.CCN1CCNC(=O)C1c1ccc(NC(C(=O)N(C)/C=C(\C)c2ccc(F)c(C)n2)=C(C)C)cc1. The number of carbonyl (C=O) groups excluding carboxylic acids is 3. The number of thiophene rings is 1. The molecule has 0 bridgehead atoms. The van der Waals surface area contributed by atoms with Crippen LogP contribution >= 0.6 is 11.3 Å². The van der Waals surface area contributed by atoms with Crippen molar-refractivity contribution < 1.29 is 18.8 Å². The maximum atomic E-state index is 13.6. The Bertz CT molecular complexity index is 1670. The Labute approximate surface area is 288 Å². The van der Waals surface area contributed by atoms with E-state index in [1.165, 1.54) is 47.1 Å². The number of aromatic nitrogens is 1. The standard InChI is InChI=1S/C27H34FN5O2.C11H14OS/c1-7-33-15-14-29-26(34)25(33)20-8-10-21(11-9-20)31-24(17(2)3)27(35)32(6)16-18(4)23-13-12-22(28)19(5)30-23;1-2-9(12)11-7-8-5-3-4-6-10(8)13-11/h8-13,16,25,31H,7,14-15H2,1-6H3,(H,29,34);7H,2-6H2,1H3/b18-16+;. The van der Waals surface area contributed by atoms with Gasteiger partial charge in [0, 0.05) is 43.3 Å². The number of ketones is 1. The Morgan fingerprint density at radius 3 is 2.44 bits per heavy atom. The van der Waals surface area contributed by atoms with Crippen molar-refractivity contribution in [1.82, 2.24) is 20.1 Å². The molecule has 5 rings (SSSR count). The minimum Gasteiger partial charge on any atom is -0.353 e. The third-order valence-electron chi connectivity index (χ3n) is 8.65. The molecule has 0 spiro atoms. The molecule has 1 fully saturated rings. The van der Waals surface area contributed by atoms with E-state index in [0.717, 1.165) is 40.4 Å². The van der Waals surface area contributed by atoms with Gasteiger partial charge in [-0.1, -0.05) is 26.0 Å². The van der Waals surface area contributed by atoms with Crippen LogP contribution in [-0.2, 0) is 22.4 Å². The number of hydrogen-bond donors (Lipinski definition) is 2. The molecule has 10 heteroatoms. The maximum Gasteiger partial charge on any atom is 0.273 e. The molecule has 1 aliphatic carbocycles. The molecule has 256 valence electrons. The number of benzene rings is 1. The lowest BCUT2D eigenvalue weighted by Crippen LogP contribution is -2.49. The van der Waals surface area contributed by atoms with E-state index in [1.807, 2.05) is 58.9 Å². The molecule has 2 aliphatic rings. The first-order valence-corrected chi connectivity index (χ1v) is 17.5. The average molecular weight is 674 g/mol. The number of nitrogens with one attached hydrogen (secondary N) is 2. The van der Waals surface area contributed by atoms with E-state index in [4.69, 9.17) is 0 Å². The second-order valence-electron chi connectivity index (χ2n) is 12.5. The number of amides is 2. The number of likely N-dealkylation sites (N-methyl/N-ethyl adjacent to an activating group) is 2. The molecule has 1 aromatic carbocycles. The van der Waals surface area contributed by atoms with E-state index in [1.54, 1.807) is 37.6 Å². The summed E-state index contributed by atoms with van der Waals surface area (Å²) in [5, 5.41) is 6.17. The van der Waals surface area contributed by atoms with Gasteiger partial charge in [-0.15, -0.1) is 11.3 Å². The van der Waals surface area contributed by atoms with Crippen LogP contribution in [0.3, 0.4) is 0 Å². The van der Waals surface area contributed by atoms with Crippen LogP contribution in [-0.4, -0.2) is 59.1 Å². The molecule has 3 heterocycles. The number of anilines is 1. The van der Waals surface area contributed by atoms with Crippen molar-refractivity contribution in [3.8, 4) is 0 Å². The summed E-state index contributed by atoms with van der Waals surface area (Å²) in [4.78, 5) is 47.5. The molecule has 8 nitrogen and oxygen atoms in total. The van der Waals surface area contributed by atoms with Gasteiger partial charge in [0.15, 0.2) is 5.78 Å². The number of Topliss-reactive ketones (excluding diaryl/α,β-unsaturated/α-hetero) is 1. The van der Waals surface area contributed by atoms with Crippen molar-refractivity contribution in [1.29, 1.82) is 0 Å². The number of halogens is 1. The molecule has 2 aromatic heterocycles. The van der Waals surface area contributed by atoms with Gasteiger partial charge in [0.25, 0.3) is 5.91 Å². The minimum absolute atomic E-state index is 0.00796. The van der Waals surface area contributed by atoms with Crippen molar-refractivity contribution in [2.45, 2.75) is 79.7 Å². The number of hydrogen-bond acceptors (Lipinski definition) is 7. The van der Waals surface area contributed by atoms with Gasteiger partial charge in [-0.2, -0.15) is 0 Å². The topological polar surface area (TPSA) is 94.6 Å². The number of fused-ring (bicyclic) bond motifs is 1. The zero-order valence-corrected chi connectivity index (χ0v) is 30.0. The quantitative estimate of drug-likeness (QED) is 0.181. The number of rotatable bonds is 9. The fourth-order valence-electron chi connectivity index (χ4n) is 5.86. The predicted octanol–water partition coefficient (Wildman–Crippen LogP) is 7.47. The third-order valence-corrected chi connectivity index (χ3v) is 9.93. The van der Waals surface area contributed by atoms with Crippen LogP contribution < -0.4 is 10.6 Å². The Morgan fingerprint density at radius 2 is 1.81 bits per heavy atom. The average Bonchev–Trinajstić information content (AvgIpc) is 3.52. The van der Waals surface area contributed by atoms with Gasteiger partial charge in [0.1, 0.15) is 17.6 Å². The van der Waals surface area contributed by atoms with E-state index in [0.29, 0.717) is 35.8 Å². The number of piperazine rings is 1. The van der Waals surface area contributed by atoms with E-state index in [9.17, 15) is 18.8 Å². The Balaban J connectivity index is 0.000000331. The molecule has 0 saturated carbocycles. The van der Waals surface area contributed by atoms with E-state index in [2.05, 4.69) is 26.6 Å². The minimum atomic E-state index is -0.362. The molecule has 2 N–H and O–H groups in total. The zero-order valence-electron chi connectivity index (χ0n) is 29.2. The van der Waals surface area contributed by atoms with Crippen LogP contribution in [0, 0.1) is 12.7 Å². The summed E-state index contributed by atoms with van der Waals surface area (Å²) in [7, 11) is 1.68. The molecule has 48 heavy (non-hydrogen) atoms. The number of pyridine rings is 1. The normalized spacial score (nSPS) is 16.2. The fraction of sp³-hybridized carbons (Fsp3) is 0.421. The smallest absolute Gasteiger partial charge is 0.273 e. The molecular formula is C38H48FN5O3S. The highest BCUT2D eigenvalue weighted by Crippen LogP contribution is 2.30.